The summed E-state index contributed by atoms with van der Waals surface area (Å²) in [6.07, 6.45) is 0. The first-order chi connectivity index (χ1) is 12.1. The Morgan fingerprint density at radius 2 is 1.68 bits per heavy atom. The van der Waals surface area contributed by atoms with Crippen molar-refractivity contribution in [1.82, 2.24) is 5.48 Å². The summed E-state index contributed by atoms with van der Waals surface area (Å²) in [6.45, 7) is 6.44. The maximum Gasteiger partial charge on any atom is 0.255 e. The molecule has 1 amide bonds. The van der Waals surface area contributed by atoms with Crippen molar-refractivity contribution < 1.29 is 14.7 Å². The highest BCUT2D eigenvalue weighted by atomic mass is 16.5. The van der Waals surface area contributed by atoms with Crippen LogP contribution in [0.5, 0.6) is 0 Å². The van der Waals surface area contributed by atoms with Gasteiger partial charge >= 0.3 is 0 Å². The van der Waals surface area contributed by atoms with Gasteiger partial charge in [-0.05, 0) is 37.1 Å². The Labute approximate surface area is 149 Å². The van der Waals surface area contributed by atoms with Gasteiger partial charge in [0.2, 0.25) is 0 Å². The van der Waals surface area contributed by atoms with E-state index in [2.05, 4.69) is 11.8 Å². The number of amides is 1. The normalized spacial score (nSPS) is 11.8. The van der Waals surface area contributed by atoms with Crippen LogP contribution in [0.4, 0.5) is 5.69 Å². The number of carbonyl (C=O) groups excluding carboxylic acids is 1. The zero-order chi connectivity index (χ0) is 18.2. The average molecular weight is 342 g/mol. The second kappa shape index (κ2) is 9.20. The van der Waals surface area contributed by atoms with Crippen molar-refractivity contribution in [2.75, 3.05) is 31.7 Å². The summed E-state index contributed by atoms with van der Waals surface area (Å²) < 4.78 is 5.15. The van der Waals surface area contributed by atoms with Crippen molar-refractivity contribution in [2.24, 2.45) is 0 Å². The molecule has 0 radical (unpaired) electrons. The summed E-state index contributed by atoms with van der Waals surface area (Å²) >= 11 is 0. The van der Waals surface area contributed by atoms with Crippen molar-refractivity contribution in [3.63, 3.8) is 0 Å². The number of hydrogen-bond donors (Lipinski definition) is 2. The van der Waals surface area contributed by atoms with E-state index in [4.69, 9.17) is 9.94 Å². The van der Waals surface area contributed by atoms with E-state index in [1.54, 1.807) is 12.6 Å². The van der Waals surface area contributed by atoms with Crippen LogP contribution in [0.2, 0.25) is 0 Å². The zero-order valence-corrected chi connectivity index (χ0v) is 15.0. The molecule has 0 heterocycles. The van der Waals surface area contributed by atoms with Crippen molar-refractivity contribution >= 4 is 11.6 Å². The molecule has 0 fully saturated rings. The lowest BCUT2D eigenvalue weighted by molar-refractivity contribution is -0.129. The number of hydroxylamine groups is 1. The van der Waals surface area contributed by atoms with Crippen molar-refractivity contribution in [3.8, 4) is 0 Å². The van der Waals surface area contributed by atoms with E-state index < -0.39 is 11.8 Å². The first-order valence-electron chi connectivity index (χ1n) is 8.45. The fourth-order valence-electron chi connectivity index (χ4n) is 2.87. The molecular formula is C20H26N2O3. The molecular weight excluding hydrogens is 316 g/mol. The van der Waals surface area contributed by atoms with Gasteiger partial charge in [0.15, 0.2) is 0 Å². The molecule has 0 saturated heterocycles. The van der Waals surface area contributed by atoms with Gasteiger partial charge in [-0.2, -0.15) is 0 Å². The summed E-state index contributed by atoms with van der Waals surface area (Å²) in [5.41, 5.74) is 5.67. The lowest BCUT2D eigenvalue weighted by Gasteiger charge is -2.23. The third kappa shape index (κ3) is 4.81. The summed E-state index contributed by atoms with van der Waals surface area (Å²) in [5.74, 6) is -0.989. The van der Waals surface area contributed by atoms with Crippen LogP contribution in [-0.4, -0.2) is 37.9 Å². The van der Waals surface area contributed by atoms with Crippen LogP contribution in [0.15, 0.2) is 48.5 Å². The molecule has 1 unspecified atom stereocenters. The van der Waals surface area contributed by atoms with Gasteiger partial charge in [-0.15, -0.1) is 0 Å². The lowest BCUT2D eigenvalue weighted by Crippen LogP contribution is -2.28. The molecule has 2 N–H and O–H groups in total. The molecule has 0 aromatic heterocycles. The standard InChI is InChI=1S/C20H26N2O3/c1-4-22(13-14-25-3)18-11-9-17(10-12-18)19(20(23)21-24)16-7-5-15(2)6-8-16/h5-12,19,24H,4,13-14H2,1-3H3,(H,21,23). The van der Waals surface area contributed by atoms with Crippen LogP contribution in [-0.2, 0) is 9.53 Å². The van der Waals surface area contributed by atoms with E-state index >= 15 is 0 Å². The summed E-state index contributed by atoms with van der Waals surface area (Å²) in [7, 11) is 1.69. The molecule has 0 bridgehead atoms. The molecule has 5 nitrogen and oxygen atoms in total. The number of anilines is 1. The number of benzene rings is 2. The zero-order valence-electron chi connectivity index (χ0n) is 15.0. The second-order valence-corrected chi connectivity index (χ2v) is 5.98. The highest BCUT2D eigenvalue weighted by Gasteiger charge is 2.22. The van der Waals surface area contributed by atoms with Gasteiger partial charge < -0.3 is 9.64 Å². The minimum atomic E-state index is -0.547. The lowest BCUT2D eigenvalue weighted by atomic mass is 9.90. The monoisotopic (exact) mass is 342 g/mol. The molecule has 25 heavy (non-hydrogen) atoms. The predicted molar refractivity (Wildman–Crippen MR) is 99.2 cm³/mol. The van der Waals surface area contributed by atoms with E-state index in [1.165, 1.54) is 0 Å². The van der Waals surface area contributed by atoms with E-state index in [0.717, 1.165) is 35.5 Å². The number of carbonyl (C=O) groups is 1. The largest absolute Gasteiger partial charge is 0.383 e. The topological polar surface area (TPSA) is 61.8 Å². The van der Waals surface area contributed by atoms with Crippen molar-refractivity contribution in [2.45, 2.75) is 19.8 Å². The maximum absolute atomic E-state index is 12.2. The van der Waals surface area contributed by atoms with Crippen LogP contribution in [0, 0.1) is 6.92 Å². The van der Waals surface area contributed by atoms with Crippen LogP contribution in [0.1, 0.15) is 29.5 Å². The molecule has 0 aliphatic rings. The van der Waals surface area contributed by atoms with Gasteiger partial charge in [0.25, 0.3) is 5.91 Å². The molecule has 2 aromatic rings. The summed E-state index contributed by atoms with van der Waals surface area (Å²) in [5, 5.41) is 9.14. The molecule has 5 heteroatoms. The molecule has 0 saturated carbocycles. The smallest absolute Gasteiger partial charge is 0.255 e. The highest BCUT2D eigenvalue weighted by molar-refractivity contribution is 5.86. The quantitative estimate of drug-likeness (QED) is 0.572. The fourth-order valence-corrected chi connectivity index (χ4v) is 2.87. The predicted octanol–water partition coefficient (Wildman–Crippen LogP) is 3.11. The molecule has 2 aromatic carbocycles. The third-order valence-corrected chi connectivity index (χ3v) is 4.32. The SMILES string of the molecule is CCN(CCOC)c1ccc(C(C(=O)NO)c2ccc(C)cc2)cc1. The summed E-state index contributed by atoms with van der Waals surface area (Å²) in [4.78, 5) is 14.4. The Hall–Kier alpha value is -2.37. The maximum atomic E-state index is 12.2. The van der Waals surface area contributed by atoms with Gasteiger partial charge in [-0.3, -0.25) is 10.0 Å². The molecule has 1 atom stereocenters. The Kier molecular flexibility index (Phi) is 6.98. The number of ether oxygens (including phenoxy) is 1. The Balaban J connectivity index is 2.29. The minimum absolute atomic E-state index is 0.441. The third-order valence-electron chi connectivity index (χ3n) is 4.32. The second-order valence-electron chi connectivity index (χ2n) is 5.98. The van der Waals surface area contributed by atoms with Gasteiger partial charge in [-0.25, -0.2) is 5.48 Å². The molecule has 0 aliphatic heterocycles. The van der Waals surface area contributed by atoms with Gasteiger partial charge in [-0.1, -0.05) is 42.0 Å². The number of nitrogens with one attached hydrogen (secondary N) is 1. The Bertz CT molecular complexity index is 668. The first-order valence-corrected chi connectivity index (χ1v) is 8.45. The van der Waals surface area contributed by atoms with Crippen LogP contribution in [0.3, 0.4) is 0 Å². The molecule has 2 rings (SSSR count). The number of aryl methyl sites for hydroxylation is 1. The van der Waals surface area contributed by atoms with Crippen molar-refractivity contribution in [1.29, 1.82) is 0 Å². The van der Waals surface area contributed by atoms with E-state index in [1.807, 2.05) is 55.5 Å². The van der Waals surface area contributed by atoms with Gasteiger partial charge in [0, 0.05) is 25.9 Å². The number of methoxy groups -OCH3 is 1. The molecule has 0 aliphatic carbocycles. The number of hydrogen-bond acceptors (Lipinski definition) is 4. The van der Waals surface area contributed by atoms with Crippen LogP contribution < -0.4 is 10.4 Å². The Morgan fingerprint density at radius 3 is 2.16 bits per heavy atom. The van der Waals surface area contributed by atoms with Crippen molar-refractivity contribution in [3.05, 3.63) is 65.2 Å². The first kappa shape index (κ1) is 19.0. The molecule has 0 spiro atoms. The van der Waals surface area contributed by atoms with Gasteiger partial charge in [0.1, 0.15) is 0 Å². The average Bonchev–Trinajstić information content (AvgIpc) is 2.65. The van der Waals surface area contributed by atoms with E-state index in [0.29, 0.717) is 6.61 Å². The van der Waals surface area contributed by atoms with Gasteiger partial charge in [0.05, 0.1) is 12.5 Å². The van der Waals surface area contributed by atoms with Crippen LogP contribution in [0.25, 0.3) is 0 Å². The number of nitrogens with zero attached hydrogens (tertiary/aromatic N) is 1. The highest BCUT2D eigenvalue weighted by Crippen LogP contribution is 2.27. The van der Waals surface area contributed by atoms with Crippen LogP contribution >= 0.6 is 0 Å². The number of rotatable bonds is 8. The summed E-state index contributed by atoms with van der Waals surface area (Å²) in [6, 6.07) is 15.6. The van der Waals surface area contributed by atoms with E-state index in [9.17, 15) is 4.79 Å². The van der Waals surface area contributed by atoms with E-state index in [-0.39, 0.29) is 0 Å². The fraction of sp³-hybridized carbons (Fsp3) is 0.350. The molecule has 134 valence electrons. The Morgan fingerprint density at radius 1 is 1.12 bits per heavy atom. The minimum Gasteiger partial charge on any atom is -0.383 e. The number of likely N-dealkylation sites (N-methyl/N-ethyl adjacent to an activating group) is 1.